The first-order valence-corrected chi connectivity index (χ1v) is 11.7. The molecule has 0 saturated heterocycles. The number of hydrogen-bond acceptors (Lipinski definition) is 5. The molecule has 3 aromatic rings. The molecule has 7 nitrogen and oxygen atoms in total. The van der Waals surface area contributed by atoms with E-state index in [-0.39, 0.29) is 11.4 Å². The van der Waals surface area contributed by atoms with E-state index < -0.39 is 22.5 Å². The Labute approximate surface area is 193 Å². The molecule has 0 saturated carbocycles. The van der Waals surface area contributed by atoms with Crippen LogP contribution in [0.4, 0.5) is 0 Å². The van der Waals surface area contributed by atoms with Gasteiger partial charge in [0.15, 0.2) is 0 Å². The molecule has 1 heterocycles. The fraction of sp³-hybridized carbons (Fsp3) is 0.0952. The standard InChI is InChI=1S/C21H18BrClN4O3S/c22-18-7-9-19(10-8-18)31(29,30)27(14-17-5-1-2-6-20(17)23)15-21(28)26-25-13-16-4-3-11-24-12-16/h1-13H,14-15H2,(H,26,28)/b25-13+. The van der Waals surface area contributed by atoms with E-state index in [0.717, 1.165) is 8.78 Å². The second-order valence-corrected chi connectivity index (χ2v) is 9.66. The summed E-state index contributed by atoms with van der Waals surface area (Å²) in [6.45, 7) is -0.508. The topological polar surface area (TPSA) is 91.7 Å². The van der Waals surface area contributed by atoms with Crippen LogP contribution in [-0.4, -0.2) is 36.4 Å². The van der Waals surface area contributed by atoms with Crippen LogP contribution in [0.15, 0.2) is 87.5 Å². The number of aromatic nitrogens is 1. The van der Waals surface area contributed by atoms with Crippen LogP contribution in [0, 0.1) is 0 Å². The zero-order valence-corrected chi connectivity index (χ0v) is 19.3. The van der Waals surface area contributed by atoms with Gasteiger partial charge in [-0.3, -0.25) is 9.78 Å². The van der Waals surface area contributed by atoms with Crippen molar-refractivity contribution in [3.05, 3.63) is 93.7 Å². The lowest BCUT2D eigenvalue weighted by Crippen LogP contribution is -2.39. The average Bonchev–Trinajstić information content (AvgIpc) is 2.76. The van der Waals surface area contributed by atoms with Gasteiger partial charge in [-0.15, -0.1) is 0 Å². The van der Waals surface area contributed by atoms with Gasteiger partial charge in [0.05, 0.1) is 17.7 Å². The summed E-state index contributed by atoms with van der Waals surface area (Å²) in [6, 6.07) is 16.6. The molecule has 31 heavy (non-hydrogen) atoms. The van der Waals surface area contributed by atoms with Gasteiger partial charge in [-0.2, -0.15) is 9.41 Å². The maximum Gasteiger partial charge on any atom is 0.255 e. The lowest BCUT2D eigenvalue weighted by molar-refractivity contribution is -0.121. The zero-order chi connectivity index (χ0) is 22.3. The molecule has 0 radical (unpaired) electrons. The van der Waals surface area contributed by atoms with Crippen molar-refractivity contribution in [3.63, 3.8) is 0 Å². The molecule has 0 aliphatic carbocycles. The highest BCUT2D eigenvalue weighted by Gasteiger charge is 2.27. The smallest absolute Gasteiger partial charge is 0.255 e. The van der Waals surface area contributed by atoms with Gasteiger partial charge in [0.2, 0.25) is 10.0 Å². The van der Waals surface area contributed by atoms with E-state index in [1.807, 2.05) is 0 Å². The Bertz CT molecular complexity index is 1170. The number of nitrogens with one attached hydrogen (secondary N) is 1. The van der Waals surface area contributed by atoms with Crippen LogP contribution in [-0.2, 0) is 21.4 Å². The van der Waals surface area contributed by atoms with E-state index in [2.05, 4.69) is 31.4 Å². The van der Waals surface area contributed by atoms with Gasteiger partial charge in [-0.25, -0.2) is 13.8 Å². The fourth-order valence-electron chi connectivity index (χ4n) is 2.62. The van der Waals surface area contributed by atoms with E-state index in [0.29, 0.717) is 16.1 Å². The monoisotopic (exact) mass is 520 g/mol. The van der Waals surface area contributed by atoms with Crippen molar-refractivity contribution >= 4 is 49.7 Å². The predicted molar refractivity (Wildman–Crippen MR) is 123 cm³/mol. The van der Waals surface area contributed by atoms with Crippen LogP contribution in [0.2, 0.25) is 5.02 Å². The third kappa shape index (κ3) is 6.44. The van der Waals surface area contributed by atoms with Gasteiger partial charge in [-0.1, -0.05) is 51.8 Å². The number of amides is 1. The molecule has 0 aliphatic heterocycles. The molecular weight excluding hydrogens is 504 g/mol. The second-order valence-electron chi connectivity index (χ2n) is 6.40. The minimum atomic E-state index is -3.97. The number of benzene rings is 2. The molecule has 0 atom stereocenters. The molecule has 0 bridgehead atoms. The zero-order valence-electron chi connectivity index (χ0n) is 16.2. The van der Waals surface area contributed by atoms with Crippen molar-refractivity contribution in [1.82, 2.24) is 14.7 Å². The number of carbonyl (C=O) groups excluding carboxylic acids is 1. The minimum absolute atomic E-state index is 0.0643. The van der Waals surface area contributed by atoms with Gasteiger partial charge in [0.1, 0.15) is 0 Å². The van der Waals surface area contributed by atoms with Crippen LogP contribution >= 0.6 is 27.5 Å². The van der Waals surface area contributed by atoms with E-state index in [1.165, 1.54) is 18.3 Å². The highest BCUT2D eigenvalue weighted by atomic mass is 79.9. The Morgan fingerprint density at radius 2 is 1.87 bits per heavy atom. The molecule has 10 heteroatoms. The second kappa shape index (κ2) is 10.6. The van der Waals surface area contributed by atoms with Crippen molar-refractivity contribution in [2.24, 2.45) is 5.10 Å². The highest BCUT2D eigenvalue weighted by Crippen LogP contribution is 2.23. The molecule has 3 rings (SSSR count). The van der Waals surface area contributed by atoms with Gasteiger partial charge < -0.3 is 0 Å². The van der Waals surface area contributed by atoms with E-state index in [1.54, 1.807) is 60.9 Å². The van der Waals surface area contributed by atoms with Crippen LogP contribution in [0.1, 0.15) is 11.1 Å². The normalized spacial score (nSPS) is 11.7. The number of rotatable bonds is 8. The summed E-state index contributed by atoms with van der Waals surface area (Å²) >= 11 is 9.51. The van der Waals surface area contributed by atoms with Crippen LogP contribution in [0.5, 0.6) is 0 Å². The largest absolute Gasteiger partial charge is 0.272 e. The highest BCUT2D eigenvalue weighted by molar-refractivity contribution is 9.10. The number of halogens is 2. The number of nitrogens with zero attached hydrogens (tertiary/aromatic N) is 3. The number of pyridine rings is 1. The van der Waals surface area contributed by atoms with Crippen LogP contribution < -0.4 is 5.43 Å². The number of hydrazone groups is 1. The van der Waals surface area contributed by atoms with Crippen molar-refractivity contribution in [2.75, 3.05) is 6.54 Å². The Morgan fingerprint density at radius 1 is 1.13 bits per heavy atom. The Hall–Kier alpha value is -2.59. The van der Waals surface area contributed by atoms with Crippen molar-refractivity contribution in [2.45, 2.75) is 11.4 Å². The molecule has 1 aromatic heterocycles. The summed E-state index contributed by atoms with van der Waals surface area (Å²) in [6.07, 6.45) is 4.62. The molecule has 0 unspecified atom stereocenters. The maximum absolute atomic E-state index is 13.2. The van der Waals surface area contributed by atoms with Gasteiger partial charge in [-0.05, 0) is 42.0 Å². The number of carbonyl (C=O) groups is 1. The summed E-state index contributed by atoms with van der Waals surface area (Å²) in [7, 11) is -3.97. The third-order valence-electron chi connectivity index (χ3n) is 4.16. The van der Waals surface area contributed by atoms with Gasteiger partial charge in [0, 0.05) is 34.0 Å². The lowest BCUT2D eigenvalue weighted by atomic mass is 10.2. The summed E-state index contributed by atoms with van der Waals surface area (Å²) in [5.41, 5.74) is 3.62. The Kier molecular flexibility index (Phi) is 7.91. The lowest BCUT2D eigenvalue weighted by Gasteiger charge is -2.22. The first-order chi connectivity index (χ1) is 14.9. The first kappa shape index (κ1) is 23.1. The van der Waals surface area contributed by atoms with Gasteiger partial charge in [0.25, 0.3) is 5.91 Å². The first-order valence-electron chi connectivity index (χ1n) is 9.07. The molecule has 0 fully saturated rings. The predicted octanol–water partition coefficient (Wildman–Crippen LogP) is 3.84. The summed E-state index contributed by atoms with van der Waals surface area (Å²) < 4.78 is 28.3. The molecule has 0 aliphatic rings. The molecule has 1 N–H and O–H groups in total. The summed E-state index contributed by atoms with van der Waals surface area (Å²) in [4.78, 5) is 16.5. The molecule has 1 amide bonds. The van der Waals surface area contributed by atoms with Crippen molar-refractivity contribution in [1.29, 1.82) is 0 Å². The van der Waals surface area contributed by atoms with E-state index in [9.17, 15) is 13.2 Å². The SMILES string of the molecule is O=C(CN(Cc1ccccc1Cl)S(=O)(=O)c1ccc(Br)cc1)N/N=C/c1cccnc1. The van der Waals surface area contributed by atoms with Crippen molar-refractivity contribution in [3.8, 4) is 0 Å². The summed E-state index contributed by atoms with van der Waals surface area (Å²) in [5, 5.41) is 4.28. The van der Waals surface area contributed by atoms with E-state index >= 15 is 0 Å². The molecule has 160 valence electrons. The molecule has 2 aromatic carbocycles. The van der Waals surface area contributed by atoms with Crippen molar-refractivity contribution < 1.29 is 13.2 Å². The van der Waals surface area contributed by atoms with E-state index in [4.69, 9.17) is 11.6 Å². The Morgan fingerprint density at radius 3 is 2.55 bits per heavy atom. The summed E-state index contributed by atoms with van der Waals surface area (Å²) in [5.74, 6) is -0.590. The third-order valence-corrected chi connectivity index (χ3v) is 6.87. The van der Waals surface area contributed by atoms with Gasteiger partial charge >= 0.3 is 0 Å². The minimum Gasteiger partial charge on any atom is -0.272 e. The number of sulfonamides is 1. The fourth-order valence-corrected chi connectivity index (χ4v) is 4.46. The van der Waals surface area contributed by atoms with Crippen LogP contribution in [0.25, 0.3) is 0 Å². The maximum atomic E-state index is 13.2. The number of hydrogen-bond donors (Lipinski definition) is 1. The van der Waals surface area contributed by atoms with Crippen LogP contribution in [0.3, 0.4) is 0 Å². The Balaban J connectivity index is 1.81. The quantitative estimate of drug-likeness (QED) is 0.360. The molecule has 0 spiro atoms. The molecular formula is C21H18BrClN4O3S. The average molecular weight is 522 g/mol.